The number of hydrogen-bond donors (Lipinski definition) is 0. The lowest BCUT2D eigenvalue weighted by atomic mass is 10.00. The molecule has 1 aromatic rings. The van der Waals surface area contributed by atoms with Crippen LogP contribution in [0, 0.1) is 5.92 Å². The molecule has 0 radical (unpaired) electrons. The highest BCUT2D eigenvalue weighted by molar-refractivity contribution is 7.88. The molecule has 0 spiro atoms. The van der Waals surface area contributed by atoms with E-state index in [-0.39, 0.29) is 24.4 Å². The van der Waals surface area contributed by atoms with Gasteiger partial charge >= 0.3 is 0 Å². The molecule has 3 heterocycles. The molecule has 0 aliphatic carbocycles. The van der Waals surface area contributed by atoms with Gasteiger partial charge in [-0.2, -0.15) is 9.41 Å². The van der Waals surface area contributed by atoms with E-state index in [1.165, 1.54) is 10.6 Å². The van der Waals surface area contributed by atoms with Gasteiger partial charge in [-0.15, -0.1) is 0 Å². The predicted molar refractivity (Wildman–Crippen MR) is 130 cm³/mol. The van der Waals surface area contributed by atoms with Gasteiger partial charge in [0.1, 0.15) is 5.84 Å². The van der Waals surface area contributed by atoms with Gasteiger partial charge in [-0.25, -0.2) is 8.42 Å². The zero-order valence-electron chi connectivity index (χ0n) is 19.2. The van der Waals surface area contributed by atoms with E-state index >= 15 is 0 Å². The third-order valence-corrected chi connectivity index (χ3v) is 8.15. The normalized spacial score (nSPS) is 25.1. The number of benzene rings is 1. The van der Waals surface area contributed by atoms with E-state index in [0.29, 0.717) is 31.1 Å². The number of nitrogens with zero attached hydrogens (tertiary/aromatic N) is 5. The molecule has 0 bridgehead atoms. The van der Waals surface area contributed by atoms with Crippen LogP contribution < -0.4 is 0 Å². The molecule has 0 N–H and O–H groups in total. The summed E-state index contributed by atoms with van der Waals surface area (Å²) in [5.74, 6) is 0.928. The van der Waals surface area contributed by atoms with Gasteiger partial charge in [-0.1, -0.05) is 29.8 Å². The SMILES string of the molecule is CN1CC=CC(N2CCC(C(=O)N3CCCC(c4ccc(Cl)cc4)N(S(C)(=O)=O)CC3)C2)=N1. The summed E-state index contributed by atoms with van der Waals surface area (Å²) in [5.41, 5.74) is 0.933. The minimum atomic E-state index is -3.44. The van der Waals surface area contributed by atoms with E-state index in [1.807, 2.05) is 35.2 Å². The first kappa shape index (κ1) is 24.0. The number of likely N-dealkylation sites (N-methyl/N-ethyl adjacent to an activating group) is 1. The lowest BCUT2D eigenvalue weighted by Gasteiger charge is -2.36. The Labute approximate surface area is 201 Å². The number of hydrogen-bond acceptors (Lipinski definition) is 6. The van der Waals surface area contributed by atoms with Crippen LogP contribution in [0.1, 0.15) is 30.9 Å². The quantitative estimate of drug-likeness (QED) is 0.646. The Morgan fingerprint density at radius 1 is 1.09 bits per heavy atom. The third kappa shape index (κ3) is 5.70. The Morgan fingerprint density at radius 2 is 1.85 bits per heavy atom. The third-order valence-electron chi connectivity index (χ3n) is 6.61. The Morgan fingerprint density at radius 3 is 2.55 bits per heavy atom. The highest BCUT2D eigenvalue weighted by Crippen LogP contribution is 2.31. The van der Waals surface area contributed by atoms with Gasteiger partial charge in [0, 0.05) is 50.8 Å². The molecule has 33 heavy (non-hydrogen) atoms. The Hall–Kier alpha value is -2.10. The van der Waals surface area contributed by atoms with E-state index < -0.39 is 10.0 Å². The second-order valence-electron chi connectivity index (χ2n) is 9.04. The van der Waals surface area contributed by atoms with E-state index in [2.05, 4.69) is 16.1 Å². The molecule has 3 aliphatic rings. The summed E-state index contributed by atoms with van der Waals surface area (Å²) in [6.45, 7) is 3.57. The second-order valence-corrected chi connectivity index (χ2v) is 11.4. The monoisotopic (exact) mass is 493 g/mol. The van der Waals surface area contributed by atoms with Crippen molar-refractivity contribution in [2.24, 2.45) is 11.0 Å². The number of amidine groups is 1. The first-order chi connectivity index (χ1) is 15.7. The van der Waals surface area contributed by atoms with Gasteiger partial charge < -0.3 is 9.80 Å². The lowest BCUT2D eigenvalue weighted by molar-refractivity contribution is -0.135. The summed E-state index contributed by atoms with van der Waals surface area (Å²) >= 11 is 6.03. The van der Waals surface area contributed by atoms with Crippen LogP contribution in [0.4, 0.5) is 0 Å². The number of hydrazone groups is 1. The highest BCUT2D eigenvalue weighted by atomic mass is 35.5. The van der Waals surface area contributed by atoms with Crippen LogP contribution in [0.2, 0.25) is 5.02 Å². The molecule has 4 rings (SSSR count). The molecular weight excluding hydrogens is 462 g/mol. The fraction of sp³-hybridized carbons (Fsp3) is 0.565. The fourth-order valence-electron chi connectivity index (χ4n) is 4.90. The summed E-state index contributed by atoms with van der Waals surface area (Å²) < 4.78 is 26.8. The van der Waals surface area contributed by atoms with Crippen LogP contribution in [0.15, 0.2) is 41.5 Å². The number of carbonyl (C=O) groups excluding carboxylic acids is 1. The van der Waals surface area contributed by atoms with Crippen molar-refractivity contribution in [2.45, 2.75) is 25.3 Å². The van der Waals surface area contributed by atoms with Crippen molar-refractivity contribution >= 4 is 33.4 Å². The number of sulfonamides is 1. The average molecular weight is 494 g/mol. The molecule has 3 aliphatic heterocycles. The summed E-state index contributed by atoms with van der Waals surface area (Å²) in [5, 5.41) is 7.07. The first-order valence-electron chi connectivity index (χ1n) is 11.4. The maximum atomic E-state index is 13.4. The number of likely N-dealkylation sites (tertiary alicyclic amines) is 1. The summed E-state index contributed by atoms with van der Waals surface area (Å²) in [6, 6.07) is 7.12. The largest absolute Gasteiger partial charge is 0.354 e. The molecule has 2 unspecified atom stereocenters. The maximum Gasteiger partial charge on any atom is 0.227 e. The standard InChI is InChI=1S/C23H32ClN5O3S/c1-26-12-4-6-22(25-26)28-14-11-19(17-28)23(30)27-13-3-5-21(18-7-9-20(24)10-8-18)29(16-15-27)33(2,31)32/h4,6-10,19,21H,3,5,11-17H2,1-2H3. The minimum Gasteiger partial charge on any atom is -0.354 e. The van der Waals surface area contributed by atoms with Crippen LogP contribution in [-0.2, 0) is 14.8 Å². The van der Waals surface area contributed by atoms with Crippen LogP contribution >= 0.6 is 11.6 Å². The number of halogens is 1. The van der Waals surface area contributed by atoms with Crippen LogP contribution in [-0.4, -0.2) is 91.8 Å². The van der Waals surface area contributed by atoms with E-state index in [1.54, 1.807) is 12.1 Å². The van der Waals surface area contributed by atoms with E-state index in [9.17, 15) is 13.2 Å². The highest BCUT2D eigenvalue weighted by Gasteiger charge is 2.35. The van der Waals surface area contributed by atoms with Crippen molar-refractivity contribution in [1.29, 1.82) is 0 Å². The molecule has 0 aromatic heterocycles. The zero-order valence-corrected chi connectivity index (χ0v) is 20.8. The number of carbonyl (C=O) groups is 1. The predicted octanol–water partition coefficient (Wildman–Crippen LogP) is 2.40. The van der Waals surface area contributed by atoms with Gasteiger partial charge in [0.25, 0.3) is 0 Å². The first-order valence-corrected chi connectivity index (χ1v) is 13.7. The van der Waals surface area contributed by atoms with Crippen LogP contribution in [0.25, 0.3) is 0 Å². The number of rotatable bonds is 3. The fourth-order valence-corrected chi connectivity index (χ4v) is 6.13. The summed E-state index contributed by atoms with van der Waals surface area (Å²) in [6.07, 6.45) is 7.52. The van der Waals surface area contributed by atoms with Gasteiger partial charge in [-0.3, -0.25) is 9.80 Å². The molecular formula is C23H32ClN5O3S. The van der Waals surface area contributed by atoms with Gasteiger partial charge in [0.2, 0.25) is 15.9 Å². The van der Waals surface area contributed by atoms with E-state index in [4.69, 9.17) is 11.6 Å². The van der Waals surface area contributed by atoms with Gasteiger partial charge in [0.05, 0.1) is 18.7 Å². The van der Waals surface area contributed by atoms with Crippen LogP contribution in [0.3, 0.4) is 0 Å². The molecule has 8 nitrogen and oxygen atoms in total. The number of amides is 1. The zero-order chi connectivity index (χ0) is 23.6. The average Bonchev–Trinajstić information content (AvgIpc) is 3.24. The molecule has 180 valence electrons. The van der Waals surface area contributed by atoms with E-state index in [0.717, 1.165) is 37.3 Å². The molecule has 0 saturated carbocycles. The molecule has 2 atom stereocenters. The van der Waals surface area contributed by atoms with Gasteiger partial charge in [-0.05, 0) is 43.0 Å². The van der Waals surface area contributed by atoms with Gasteiger partial charge in [0.15, 0.2) is 0 Å². The van der Waals surface area contributed by atoms with Crippen molar-refractivity contribution < 1.29 is 13.2 Å². The smallest absolute Gasteiger partial charge is 0.227 e. The van der Waals surface area contributed by atoms with Crippen LogP contribution in [0.5, 0.6) is 0 Å². The molecule has 1 aromatic carbocycles. The lowest BCUT2D eigenvalue weighted by Crippen LogP contribution is -2.47. The Balaban J connectivity index is 1.43. The summed E-state index contributed by atoms with van der Waals surface area (Å²) in [4.78, 5) is 17.4. The minimum absolute atomic E-state index is 0.0912. The molecule has 1 amide bonds. The maximum absolute atomic E-state index is 13.4. The van der Waals surface area contributed by atoms with Crippen molar-refractivity contribution in [3.63, 3.8) is 0 Å². The molecule has 2 fully saturated rings. The summed E-state index contributed by atoms with van der Waals surface area (Å²) in [7, 11) is -1.51. The second kappa shape index (κ2) is 10.0. The van der Waals surface area contributed by atoms with Crippen molar-refractivity contribution in [3.8, 4) is 0 Å². The Kier molecular flexibility index (Phi) is 7.31. The Bertz CT molecular complexity index is 1030. The molecule has 10 heteroatoms. The van der Waals surface area contributed by atoms with Crippen molar-refractivity contribution in [2.75, 3.05) is 52.6 Å². The topological polar surface area (TPSA) is 76.5 Å². The van der Waals surface area contributed by atoms with Crippen molar-refractivity contribution in [1.82, 2.24) is 19.1 Å². The van der Waals surface area contributed by atoms with Crippen molar-refractivity contribution in [3.05, 3.63) is 47.0 Å². The molecule has 2 saturated heterocycles.